The number of aromatic nitrogens is 1. The normalized spacial score (nSPS) is 14.5. The molecule has 0 saturated carbocycles. The Morgan fingerprint density at radius 3 is 2.05 bits per heavy atom. The molecular formula is C18H31N. The van der Waals surface area contributed by atoms with E-state index in [4.69, 9.17) is 4.98 Å². The minimum atomic E-state index is 0.129. The van der Waals surface area contributed by atoms with E-state index in [0.717, 1.165) is 6.42 Å². The highest BCUT2D eigenvalue weighted by Crippen LogP contribution is 2.32. The zero-order valence-electron chi connectivity index (χ0n) is 14.1. The van der Waals surface area contributed by atoms with E-state index in [9.17, 15) is 0 Å². The van der Waals surface area contributed by atoms with Crippen LogP contribution < -0.4 is 0 Å². The molecular weight excluding hydrogens is 230 g/mol. The van der Waals surface area contributed by atoms with Gasteiger partial charge in [-0.3, -0.25) is 4.98 Å². The molecule has 1 heteroatoms. The molecule has 0 amide bonds. The predicted octanol–water partition coefficient (Wildman–Crippen LogP) is 5.30. The fraction of sp³-hybridized carbons (Fsp3) is 0.722. The summed E-state index contributed by atoms with van der Waals surface area (Å²) < 4.78 is 0. The van der Waals surface area contributed by atoms with Crippen LogP contribution in [0.25, 0.3) is 0 Å². The maximum absolute atomic E-state index is 4.91. The molecule has 1 heterocycles. The van der Waals surface area contributed by atoms with Gasteiger partial charge in [0, 0.05) is 16.8 Å². The second-order valence-electron chi connectivity index (χ2n) is 7.95. The monoisotopic (exact) mass is 261 g/mol. The van der Waals surface area contributed by atoms with Crippen molar-refractivity contribution in [3.63, 3.8) is 0 Å². The van der Waals surface area contributed by atoms with Crippen molar-refractivity contribution in [2.75, 3.05) is 0 Å². The van der Waals surface area contributed by atoms with Crippen LogP contribution in [0, 0.1) is 18.3 Å². The maximum Gasteiger partial charge on any atom is 0.0463 e. The third-order valence-electron chi connectivity index (χ3n) is 3.96. The third-order valence-corrected chi connectivity index (χ3v) is 3.96. The van der Waals surface area contributed by atoms with Crippen LogP contribution in [-0.4, -0.2) is 4.98 Å². The van der Waals surface area contributed by atoms with Gasteiger partial charge < -0.3 is 0 Å². The molecule has 1 nitrogen and oxygen atoms in total. The fourth-order valence-corrected chi connectivity index (χ4v) is 2.54. The van der Waals surface area contributed by atoms with Crippen molar-refractivity contribution in [1.82, 2.24) is 4.98 Å². The molecule has 0 aliphatic heterocycles. The summed E-state index contributed by atoms with van der Waals surface area (Å²) in [4.78, 5) is 4.91. The Kier molecular flexibility index (Phi) is 4.81. The Labute approximate surface area is 119 Å². The van der Waals surface area contributed by atoms with Gasteiger partial charge >= 0.3 is 0 Å². The number of rotatable bonds is 3. The zero-order chi connectivity index (χ0) is 14.8. The van der Waals surface area contributed by atoms with Gasteiger partial charge in [-0.1, -0.05) is 54.9 Å². The summed E-state index contributed by atoms with van der Waals surface area (Å²) in [7, 11) is 0. The van der Waals surface area contributed by atoms with Crippen molar-refractivity contribution in [2.24, 2.45) is 11.3 Å². The van der Waals surface area contributed by atoms with E-state index in [2.05, 4.69) is 67.5 Å². The van der Waals surface area contributed by atoms with Gasteiger partial charge in [0.2, 0.25) is 0 Å². The highest BCUT2D eigenvalue weighted by Gasteiger charge is 2.24. The van der Waals surface area contributed by atoms with Crippen LogP contribution in [0.3, 0.4) is 0 Å². The summed E-state index contributed by atoms with van der Waals surface area (Å²) in [5.74, 6) is 0.689. The van der Waals surface area contributed by atoms with Crippen molar-refractivity contribution < 1.29 is 0 Å². The number of nitrogens with zero attached hydrogens (tertiary/aromatic N) is 1. The number of pyridine rings is 1. The molecule has 108 valence electrons. The van der Waals surface area contributed by atoms with Gasteiger partial charge in [0.1, 0.15) is 0 Å². The summed E-state index contributed by atoms with van der Waals surface area (Å²) in [5, 5.41) is 0. The molecule has 1 atom stereocenters. The van der Waals surface area contributed by atoms with Crippen LogP contribution in [0.2, 0.25) is 0 Å². The summed E-state index contributed by atoms with van der Waals surface area (Å²) in [6, 6.07) is 4.48. The number of aryl methyl sites for hydroxylation is 1. The Morgan fingerprint density at radius 1 is 1.05 bits per heavy atom. The first-order chi connectivity index (χ1) is 8.54. The van der Waals surface area contributed by atoms with Gasteiger partial charge in [-0.05, 0) is 42.4 Å². The van der Waals surface area contributed by atoms with Crippen molar-refractivity contribution in [3.8, 4) is 0 Å². The summed E-state index contributed by atoms with van der Waals surface area (Å²) >= 11 is 0. The van der Waals surface area contributed by atoms with Crippen molar-refractivity contribution in [1.29, 1.82) is 0 Å². The fourth-order valence-electron chi connectivity index (χ4n) is 2.54. The van der Waals surface area contributed by atoms with Crippen molar-refractivity contribution in [2.45, 2.75) is 73.6 Å². The van der Waals surface area contributed by atoms with Crippen LogP contribution in [-0.2, 0) is 11.8 Å². The van der Waals surface area contributed by atoms with Gasteiger partial charge in [-0.25, -0.2) is 0 Å². The minimum absolute atomic E-state index is 0.129. The Morgan fingerprint density at radius 2 is 1.63 bits per heavy atom. The van der Waals surface area contributed by atoms with Crippen LogP contribution in [0.1, 0.15) is 71.8 Å². The SMILES string of the molecule is CCC(Cc1cc(C)cc(C(C)(C)C)n1)C(C)(C)C. The average Bonchev–Trinajstić information content (AvgIpc) is 2.22. The summed E-state index contributed by atoms with van der Waals surface area (Å²) in [5.41, 5.74) is 4.28. The van der Waals surface area contributed by atoms with Gasteiger partial charge in [0.25, 0.3) is 0 Å². The number of hydrogen-bond acceptors (Lipinski definition) is 1. The van der Waals surface area contributed by atoms with Gasteiger partial charge in [-0.2, -0.15) is 0 Å². The molecule has 0 radical (unpaired) electrons. The lowest BCUT2D eigenvalue weighted by atomic mass is 9.76. The molecule has 0 N–H and O–H groups in total. The van der Waals surface area contributed by atoms with Crippen LogP contribution in [0.15, 0.2) is 12.1 Å². The second kappa shape index (κ2) is 5.64. The average molecular weight is 261 g/mol. The zero-order valence-corrected chi connectivity index (χ0v) is 14.1. The molecule has 0 spiro atoms. The van der Waals surface area contributed by atoms with E-state index >= 15 is 0 Å². The van der Waals surface area contributed by atoms with E-state index in [1.807, 2.05) is 0 Å². The van der Waals surface area contributed by atoms with Gasteiger partial charge in [0.15, 0.2) is 0 Å². The molecule has 19 heavy (non-hydrogen) atoms. The van der Waals surface area contributed by atoms with Crippen LogP contribution in [0.5, 0.6) is 0 Å². The second-order valence-corrected chi connectivity index (χ2v) is 7.95. The lowest BCUT2D eigenvalue weighted by molar-refractivity contribution is 0.229. The largest absolute Gasteiger partial charge is 0.257 e. The third kappa shape index (κ3) is 4.63. The summed E-state index contributed by atoms with van der Waals surface area (Å²) in [6.45, 7) is 18.2. The molecule has 0 bridgehead atoms. The lowest BCUT2D eigenvalue weighted by Gasteiger charge is -2.30. The Bertz CT molecular complexity index is 418. The molecule has 1 aromatic heterocycles. The van der Waals surface area contributed by atoms with Crippen LogP contribution in [0.4, 0.5) is 0 Å². The molecule has 1 rings (SSSR count). The molecule has 1 aromatic rings. The van der Waals surface area contributed by atoms with Crippen molar-refractivity contribution in [3.05, 3.63) is 29.1 Å². The Hall–Kier alpha value is -0.850. The van der Waals surface area contributed by atoms with E-state index in [-0.39, 0.29) is 5.41 Å². The maximum atomic E-state index is 4.91. The highest BCUT2D eigenvalue weighted by molar-refractivity contribution is 5.25. The highest BCUT2D eigenvalue weighted by atomic mass is 14.7. The van der Waals surface area contributed by atoms with Gasteiger partial charge in [0.05, 0.1) is 0 Å². The first-order valence-corrected chi connectivity index (χ1v) is 7.52. The Balaban J connectivity index is 3.05. The van der Waals surface area contributed by atoms with E-state index in [1.165, 1.54) is 23.4 Å². The molecule has 0 aromatic carbocycles. The lowest BCUT2D eigenvalue weighted by Crippen LogP contribution is -2.23. The van der Waals surface area contributed by atoms with Crippen molar-refractivity contribution >= 4 is 0 Å². The van der Waals surface area contributed by atoms with Crippen LogP contribution >= 0.6 is 0 Å². The summed E-state index contributed by atoms with van der Waals surface area (Å²) in [6.07, 6.45) is 2.30. The molecule has 0 aliphatic rings. The molecule has 0 fully saturated rings. The smallest absolute Gasteiger partial charge is 0.0463 e. The first-order valence-electron chi connectivity index (χ1n) is 7.52. The predicted molar refractivity (Wildman–Crippen MR) is 84.6 cm³/mol. The first kappa shape index (κ1) is 16.2. The van der Waals surface area contributed by atoms with Gasteiger partial charge in [-0.15, -0.1) is 0 Å². The minimum Gasteiger partial charge on any atom is -0.257 e. The standard InChI is InChI=1S/C18H31N/c1-9-14(17(3,4)5)12-15-10-13(2)11-16(19-15)18(6,7)8/h10-11,14H,9,12H2,1-8H3. The quantitative estimate of drug-likeness (QED) is 0.719. The number of hydrogen-bond donors (Lipinski definition) is 0. The topological polar surface area (TPSA) is 12.9 Å². The molecule has 1 unspecified atom stereocenters. The van der Waals surface area contributed by atoms with E-state index in [0.29, 0.717) is 11.3 Å². The van der Waals surface area contributed by atoms with E-state index in [1.54, 1.807) is 0 Å². The molecule has 0 aliphatic carbocycles. The van der Waals surface area contributed by atoms with E-state index < -0.39 is 0 Å². The molecule has 0 saturated heterocycles.